The van der Waals surface area contributed by atoms with Crippen molar-refractivity contribution in [2.75, 3.05) is 26.8 Å². The first-order chi connectivity index (χ1) is 8.63. The van der Waals surface area contributed by atoms with E-state index < -0.39 is 0 Å². The average Bonchev–Trinajstić information content (AvgIpc) is 2.39. The number of hydrogen-bond donors (Lipinski definition) is 1. The normalized spacial score (nSPS) is 20.2. The third-order valence-corrected chi connectivity index (χ3v) is 4.10. The lowest BCUT2D eigenvalue weighted by Crippen LogP contribution is -2.33. The molecule has 1 atom stereocenters. The Morgan fingerprint density at radius 3 is 2.78 bits per heavy atom. The highest BCUT2D eigenvalue weighted by atomic mass is 79.9. The average molecular weight is 314 g/mol. The summed E-state index contributed by atoms with van der Waals surface area (Å²) in [4.78, 5) is 0. The van der Waals surface area contributed by atoms with Crippen molar-refractivity contribution in [3.8, 4) is 5.75 Å². The van der Waals surface area contributed by atoms with E-state index in [1.165, 1.54) is 11.1 Å². The van der Waals surface area contributed by atoms with E-state index in [9.17, 15) is 0 Å². The SMILES string of the molecule is COc1cc(C(C)C)cc(C2CNCCO2)c1Br. The molecule has 1 heterocycles. The third kappa shape index (κ3) is 2.87. The van der Waals surface area contributed by atoms with Crippen molar-refractivity contribution in [2.24, 2.45) is 0 Å². The summed E-state index contributed by atoms with van der Waals surface area (Å²) >= 11 is 3.63. The van der Waals surface area contributed by atoms with Gasteiger partial charge < -0.3 is 14.8 Å². The van der Waals surface area contributed by atoms with Gasteiger partial charge >= 0.3 is 0 Å². The second kappa shape index (κ2) is 6.04. The Morgan fingerprint density at radius 1 is 1.44 bits per heavy atom. The highest BCUT2D eigenvalue weighted by Gasteiger charge is 2.21. The molecule has 18 heavy (non-hydrogen) atoms. The Labute approximate surface area is 117 Å². The van der Waals surface area contributed by atoms with E-state index in [0.29, 0.717) is 5.92 Å². The third-order valence-electron chi connectivity index (χ3n) is 3.25. The molecule has 2 rings (SSSR count). The van der Waals surface area contributed by atoms with Gasteiger partial charge in [-0.25, -0.2) is 0 Å². The molecule has 0 radical (unpaired) electrons. The molecule has 1 fully saturated rings. The van der Waals surface area contributed by atoms with Crippen LogP contribution in [-0.4, -0.2) is 26.8 Å². The second-order valence-corrected chi connectivity index (χ2v) is 5.64. The highest BCUT2D eigenvalue weighted by Crippen LogP contribution is 2.37. The molecule has 1 saturated heterocycles. The van der Waals surface area contributed by atoms with Crippen LogP contribution in [0.1, 0.15) is 37.0 Å². The number of rotatable bonds is 3. The van der Waals surface area contributed by atoms with Crippen molar-refractivity contribution in [1.82, 2.24) is 5.32 Å². The van der Waals surface area contributed by atoms with Crippen LogP contribution in [-0.2, 0) is 4.74 Å². The fourth-order valence-corrected chi connectivity index (χ4v) is 2.77. The van der Waals surface area contributed by atoms with Crippen LogP contribution in [0.2, 0.25) is 0 Å². The number of nitrogens with one attached hydrogen (secondary N) is 1. The minimum atomic E-state index is 0.0979. The molecular weight excluding hydrogens is 294 g/mol. The summed E-state index contributed by atoms with van der Waals surface area (Å²) < 4.78 is 12.3. The summed E-state index contributed by atoms with van der Waals surface area (Å²) in [5, 5.41) is 3.36. The standard InChI is InChI=1S/C14H20BrNO2/c1-9(2)10-6-11(13-8-16-4-5-18-13)14(15)12(7-10)17-3/h6-7,9,13,16H,4-5,8H2,1-3H3. The number of halogens is 1. The Bertz CT molecular complexity index is 415. The predicted molar refractivity (Wildman–Crippen MR) is 76.3 cm³/mol. The minimum Gasteiger partial charge on any atom is -0.496 e. The number of benzene rings is 1. The molecule has 0 amide bonds. The van der Waals surface area contributed by atoms with E-state index in [0.717, 1.165) is 29.9 Å². The van der Waals surface area contributed by atoms with Gasteiger partial charge in [0.15, 0.2) is 0 Å². The zero-order valence-corrected chi connectivity index (χ0v) is 12.7. The first-order valence-corrected chi connectivity index (χ1v) is 7.12. The summed E-state index contributed by atoms with van der Waals surface area (Å²) in [6.45, 7) is 6.91. The molecular formula is C14H20BrNO2. The van der Waals surface area contributed by atoms with Gasteiger partial charge in [0.05, 0.1) is 24.3 Å². The maximum absolute atomic E-state index is 5.83. The van der Waals surface area contributed by atoms with Crippen LogP contribution in [0.25, 0.3) is 0 Å². The van der Waals surface area contributed by atoms with Gasteiger partial charge in [-0.3, -0.25) is 0 Å². The van der Waals surface area contributed by atoms with Crippen LogP contribution in [0.4, 0.5) is 0 Å². The summed E-state index contributed by atoms with van der Waals surface area (Å²) in [7, 11) is 1.70. The van der Waals surface area contributed by atoms with Gasteiger partial charge in [0.1, 0.15) is 5.75 Å². The number of methoxy groups -OCH3 is 1. The van der Waals surface area contributed by atoms with Crippen molar-refractivity contribution in [1.29, 1.82) is 0 Å². The van der Waals surface area contributed by atoms with Crippen LogP contribution in [0.3, 0.4) is 0 Å². The van der Waals surface area contributed by atoms with Gasteiger partial charge in [-0.2, -0.15) is 0 Å². The van der Waals surface area contributed by atoms with E-state index in [1.54, 1.807) is 7.11 Å². The summed E-state index contributed by atoms with van der Waals surface area (Å²) in [5.41, 5.74) is 2.45. The maximum Gasteiger partial charge on any atom is 0.133 e. The molecule has 0 bridgehead atoms. The Kier molecular flexibility index (Phi) is 4.65. The molecule has 0 aromatic heterocycles. The van der Waals surface area contributed by atoms with Crippen LogP contribution in [0.15, 0.2) is 16.6 Å². The van der Waals surface area contributed by atoms with Crippen LogP contribution in [0, 0.1) is 0 Å². The molecule has 100 valence electrons. The van der Waals surface area contributed by atoms with Gasteiger partial charge in [-0.1, -0.05) is 19.9 Å². The first kappa shape index (κ1) is 13.8. The summed E-state index contributed by atoms with van der Waals surface area (Å²) in [5.74, 6) is 1.35. The van der Waals surface area contributed by atoms with Crippen LogP contribution >= 0.6 is 15.9 Å². The van der Waals surface area contributed by atoms with Crippen molar-refractivity contribution in [3.63, 3.8) is 0 Å². The zero-order valence-electron chi connectivity index (χ0n) is 11.1. The topological polar surface area (TPSA) is 30.5 Å². The van der Waals surface area contributed by atoms with Crippen LogP contribution in [0.5, 0.6) is 5.75 Å². The fraction of sp³-hybridized carbons (Fsp3) is 0.571. The van der Waals surface area contributed by atoms with Gasteiger partial charge in [0.2, 0.25) is 0 Å². The Balaban J connectivity index is 2.40. The molecule has 1 aromatic carbocycles. The zero-order chi connectivity index (χ0) is 13.1. The van der Waals surface area contributed by atoms with Gasteiger partial charge in [-0.05, 0) is 33.5 Å². The number of morpholine rings is 1. The lowest BCUT2D eigenvalue weighted by Gasteiger charge is -2.26. The molecule has 3 nitrogen and oxygen atoms in total. The summed E-state index contributed by atoms with van der Waals surface area (Å²) in [6, 6.07) is 4.31. The van der Waals surface area contributed by atoms with Gasteiger partial charge in [0, 0.05) is 18.7 Å². The fourth-order valence-electron chi connectivity index (χ4n) is 2.12. The molecule has 0 spiro atoms. The van der Waals surface area contributed by atoms with Crippen molar-refractivity contribution >= 4 is 15.9 Å². The lowest BCUT2D eigenvalue weighted by atomic mass is 9.97. The predicted octanol–water partition coefficient (Wildman–Crippen LogP) is 3.24. The van der Waals surface area contributed by atoms with Crippen molar-refractivity contribution in [2.45, 2.75) is 25.9 Å². The first-order valence-electron chi connectivity index (χ1n) is 6.33. The molecule has 1 unspecified atom stereocenters. The van der Waals surface area contributed by atoms with E-state index >= 15 is 0 Å². The largest absolute Gasteiger partial charge is 0.496 e. The van der Waals surface area contributed by atoms with Crippen molar-refractivity contribution in [3.05, 3.63) is 27.7 Å². The van der Waals surface area contributed by atoms with E-state index in [-0.39, 0.29) is 6.10 Å². The number of hydrogen-bond acceptors (Lipinski definition) is 3. The molecule has 1 aliphatic heterocycles. The summed E-state index contributed by atoms with van der Waals surface area (Å²) in [6.07, 6.45) is 0.0979. The Morgan fingerprint density at radius 2 is 2.22 bits per heavy atom. The van der Waals surface area contributed by atoms with E-state index in [1.807, 2.05) is 0 Å². The maximum atomic E-state index is 5.83. The monoisotopic (exact) mass is 313 g/mol. The molecule has 0 saturated carbocycles. The molecule has 1 N–H and O–H groups in total. The van der Waals surface area contributed by atoms with Crippen LogP contribution < -0.4 is 10.1 Å². The van der Waals surface area contributed by atoms with Crippen molar-refractivity contribution < 1.29 is 9.47 Å². The van der Waals surface area contributed by atoms with Gasteiger partial charge in [-0.15, -0.1) is 0 Å². The number of ether oxygens (including phenoxy) is 2. The van der Waals surface area contributed by atoms with E-state index in [2.05, 4.69) is 47.2 Å². The van der Waals surface area contributed by atoms with Gasteiger partial charge in [0.25, 0.3) is 0 Å². The quantitative estimate of drug-likeness (QED) is 0.929. The smallest absolute Gasteiger partial charge is 0.133 e. The molecule has 0 aliphatic carbocycles. The van der Waals surface area contributed by atoms with E-state index in [4.69, 9.17) is 9.47 Å². The lowest BCUT2D eigenvalue weighted by molar-refractivity contribution is 0.0270. The Hall–Kier alpha value is -0.580. The minimum absolute atomic E-state index is 0.0979. The second-order valence-electron chi connectivity index (χ2n) is 4.84. The highest BCUT2D eigenvalue weighted by molar-refractivity contribution is 9.10. The molecule has 1 aliphatic rings. The molecule has 1 aromatic rings. The molecule has 4 heteroatoms.